The number of thioether (sulfide) groups is 8. The van der Waals surface area contributed by atoms with Crippen LogP contribution >= 0.6 is 94.1 Å². The minimum atomic E-state index is -2.35. The molecule has 0 spiro atoms. The first-order valence-corrected chi connectivity index (χ1v) is 49.2. The summed E-state index contributed by atoms with van der Waals surface area (Å²) in [4.78, 5) is 94.5. The average molecular weight is 1990 g/mol. The molecule has 0 amide bonds. The van der Waals surface area contributed by atoms with E-state index in [1.54, 1.807) is 0 Å². The van der Waals surface area contributed by atoms with Crippen molar-refractivity contribution < 1.29 is 237 Å². The van der Waals surface area contributed by atoms with E-state index in [2.05, 4.69) is 0 Å². The van der Waals surface area contributed by atoms with Gasteiger partial charge in [0.05, 0.1) is 99.5 Å². The maximum absolute atomic E-state index is 12.3. The summed E-state index contributed by atoms with van der Waals surface area (Å²) < 4.78 is 99.9. The van der Waals surface area contributed by atoms with Gasteiger partial charge in [-0.2, -0.15) is 82.3 Å². The highest BCUT2D eigenvalue weighted by molar-refractivity contribution is 8.01. The third-order valence-corrected chi connectivity index (χ3v) is 29.6. The second-order valence-corrected chi connectivity index (χ2v) is 39.5. The van der Waals surface area contributed by atoms with Crippen LogP contribution in [0.5, 0.6) is 0 Å². The Morgan fingerprint density at radius 2 is 0.283 bits per heavy atom. The fraction of sp³-hybridized carbons (Fsp3) is 0.887. The maximum atomic E-state index is 12.3. The normalized spacial score (nSPS) is 41.7. The van der Waals surface area contributed by atoms with Gasteiger partial charge >= 0.3 is 47.8 Å². The second-order valence-electron chi connectivity index (χ2n) is 30.4. The van der Waals surface area contributed by atoms with E-state index in [0.717, 1.165) is 82.3 Å². The first-order chi connectivity index (χ1) is 60.2. The molecular formula is C71H110O48S8. The van der Waals surface area contributed by atoms with E-state index < -0.39 is 361 Å². The topological polar surface area (TPSA) is 770 Å². The van der Waals surface area contributed by atoms with Gasteiger partial charge in [0.25, 0.3) is 0 Å². The van der Waals surface area contributed by atoms with Crippen molar-refractivity contribution in [1.82, 2.24) is 0 Å². The third-order valence-electron chi connectivity index (χ3n) is 21.2. The standard InChI is InChI=1S/C71H110O48S8/c72-32(73)1-8-120-15-24-56-40(88)48(96)64(104-24)113-57-25(16-121-9-2-33(74)75)106-66(50(98)42(57)90)115-59-27(18-123-11-4-35(78)79)108-68(52(100)44(59)92)117-61-29(20-125-13-6-37(82)83)110-70(54(102)46(61)94)119-63-31(22-127-23-39(86)87)111-71(55(103)47(63)95)118-62-30(21-126-14-7-38(84)85)109-69(53(101)45(62)93)116-60-28(19-124-12-5-36(80)81)107-67(51(99)43(60)91)114-58-26(17-122-10-3-34(76)77)105-65(112-56)49(97)41(58)89/h24-31,40-71,88-103H,1-23H2,(H,72,73)(H,74,75)(H,76,77)(H,78,79)(H,80,81)(H,82,83)(H,84,85)(H,86,87)/t24-,25-,26+,27-,28-,29-,30-,31-,40-,41-,42-,43-,44-,45-,46-,47-,48-,49-,50-,51-,52-,53-,54-,55-,56-,57-,58-,59-,60-,61-,62-,63-,64-,65-,66-,67-,68-,69-,70-,71-/m1/s1. The molecule has 0 radical (unpaired) electrons. The number of hydrogen-bond acceptors (Lipinski definition) is 48. The van der Waals surface area contributed by atoms with Crippen molar-refractivity contribution >= 4 is 142 Å². The van der Waals surface area contributed by atoms with Gasteiger partial charge in [0, 0.05) is 86.3 Å². The number of aliphatic hydroxyl groups is 16. The van der Waals surface area contributed by atoms with Gasteiger partial charge in [0.15, 0.2) is 50.3 Å². The fourth-order valence-electron chi connectivity index (χ4n) is 14.6. The van der Waals surface area contributed by atoms with Crippen molar-refractivity contribution in [3.63, 3.8) is 0 Å². The first-order valence-electron chi connectivity index (χ1n) is 40.0. The van der Waals surface area contributed by atoms with Crippen molar-refractivity contribution in [3.8, 4) is 0 Å². The van der Waals surface area contributed by atoms with Crippen LogP contribution in [-0.2, 0) is 114 Å². The third kappa shape index (κ3) is 30.4. The zero-order valence-corrected chi connectivity index (χ0v) is 73.7. The largest absolute Gasteiger partial charge is 0.481 e. The van der Waals surface area contributed by atoms with Gasteiger partial charge in [-0.15, -0.1) is 11.8 Å². The van der Waals surface area contributed by atoms with E-state index >= 15 is 0 Å². The Labute approximate surface area is 756 Å². The molecule has 127 heavy (non-hydrogen) atoms. The van der Waals surface area contributed by atoms with Gasteiger partial charge in [0.2, 0.25) is 0 Å². The van der Waals surface area contributed by atoms with Crippen LogP contribution in [0.25, 0.3) is 0 Å². The molecule has 0 aromatic carbocycles. The number of hydrogen-bond donors (Lipinski definition) is 24. The lowest BCUT2D eigenvalue weighted by atomic mass is 9.95. The molecule has 0 aliphatic carbocycles. The van der Waals surface area contributed by atoms with E-state index in [1.807, 2.05) is 0 Å². The minimum Gasteiger partial charge on any atom is -0.481 e. The Kier molecular flexibility index (Phi) is 44.2. The molecule has 0 aromatic rings. The highest BCUT2D eigenvalue weighted by Gasteiger charge is 2.61. The summed E-state index contributed by atoms with van der Waals surface area (Å²) in [6.45, 7) is 0. The predicted molar refractivity (Wildman–Crippen MR) is 436 cm³/mol. The van der Waals surface area contributed by atoms with Gasteiger partial charge in [-0.3, -0.25) is 38.4 Å². The number of rotatable bonds is 39. The van der Waals surface area contributed by atoms with Crippen LogP contribution in [0.15, 0.2) is 0 Å². The predicted octanol–water partition coefficient (Wildman–Crippen LogP) is -8.07. The molecule has 30 heterocycles. The van der Waals surface area contributed by atoms with Gasteiger partial charge < -0.3 is 198 Å². The van der Waals surface area contributed by atoms with Crippen LogP contribution < -0.4 is 0 Å². The molecule has 30 aliphatic rings. The summed E-state index contributed by atoms with van der Waals surface area (Å²) in [5.74, 6) is -15.2. The van der Waals surface area contributed by atoms with E-state index in [0.29, 0.717) is 11.8 Å². The van der Waals surface area contributed by atoms with Crippen LogP contribution in [0.3, 0.4) is 0 Å². The van der Waals surface area contributed by atoms with E-state index in [-0.39, 0.29) is 69.0 Å². The van der Waals surface area contributed by atoms with Crippen LogP contribution in [0.4, 0.5) is 0 Å². The summed E-state index contributed by atoms with van der Waals surface area (Å²) in [6, 6.07) is 0. The number of aliphatic carboxylic acids is 8. The molecule has 30 rings (SSSR count). The summed E-state index contributed by atoms with van der Waals surface area (Å²) in [5, 5.41) is 272. The molecular weight excluding hydrogens is 1880 g/mol. The fourth-order valence-corrected chi connectivity index (χ4v) is 22.3. The lowest BCUT2D eigenvalue weighted by Crippen LogP contribution is -2.69. The summed E-state index contributed by atoms with van der Waals surface area (Å²) in [7, 11) is 0. The molecule has 0 aromatic heterocycles. The number of ether oxygens (including phenoxy) is 16. The summed E-state index contributed by atoms with van der Waals surface area (Å²) in [5.41, 5.74) is 0. The minimum absolute atomic E-state index is 0.160. The van der Waals surface area contributed by atoms with Gasteiger partial charge in [0.1, 0.15) is 146 Å². The van der Waals surface area contributed by atoms with Gasteiger partial charge in [-0.25, -0.2) is 0 Å². The number of aliphatic hydroxyl groups excluding tert-OH is 16. The summed E-state index contributed by atoms with van der Waals surface area (Å²) in [6.07, 6.45) is -85.9. The van der Waals surface area contributed by atoms with Crippen molar-refractivity contribution in [2.45, 2.75) is 291 Å². The molecule has 40 atom stereocenters. The zero-order chi connectivity index (χ0) is 92.9. The molecule has 48 nitrogen and oxygen atoms in total. The Hall–Kier alpha value is -2.72. The second kappa shape index (κ2) is 52.0. The lowest BCUT2D eigenvalue weighted by molar-refractivity contribution is -0.396. The van der Waals surface area contributed by atoms with Crippen molar-refractivity contribution in [2.75, 3.05) is 92.0 Å². The van der Waals surface area contributed by atoms with Crippen LogP contribution in [0.1, 0.15) is 44.9 Å². The Morgan fingerprint density at radius 3 is 0.394 bits per heavy atom. The quantitative estimate of drug-likeness (QED) is 0.0254. The molecule has 30 aliphatic heterocycles. The zero-order valence-electron chi connectivity index (χ0n) is 67.2. The smallest absolute Gasteiger partial charge is 0.313 e. The van der Waals surface area contributed by atoms with Crippen LogP contribution in [0.2, 0.25) is 0 Å². The van der Waals surface area contributed by atoms with Crippen molar-refractivity contribution in [2.24, 2.45) is 0 Å². The molecule has 56 heteroatoms. The molecule has 0 unspecified atom stereocenters. The van der Waals surface area contributed by atoms with Gasteiger partial charge in [-0.1, -0.05) is 0 Å². The molecule has 30 saturated heterocycles. The van der Waals surface area contributed by atoms with E-state index in [1.165, 1.54) is 0 Å². The SMILES string of the molecule is O=C(O)CCSC[C@@H]1O[C@@H]2O[C@H]3[C@H](O)[C@@H](O)[C@@H](O[C@H]4[C@H](O)[C@@H](O)[C@@H](O[C@H]5[C@H](O)[C@@H](O)[C@@H](O[C@H]6[C@H](O)[C@@H](O)[C@@H](O[C@H]7[C@H](O)[C@@H](O)[C@@H](O[C@H]8[C@H](O)[C@@H](O)[C@@H](O[C@H]9[C@H](O)[C@@H](O)[C@@H](O[C@H]1[C@H](O)[C@H]2O)O[C@@H]9CSCCC(=O)O)O[C@@H]8CSCCC(=O)O)O[C@@H]7CSCC(=O)O)O[C@@H]6CSCCC(=O)O)O[C@@H]5CSCCC(=O)O)O[C@@H]4CSCCC(=O)O)O[C@@H]3CSCCC(=O)O. The number of carboxylic acid groups (broad SMARTS) is 8. The van der Waals surface area contributed by atoms with Crippen LogP contribution in [0, 0.1) is 0 Å². The first kappa shape index (κ1) is 108. The molecule has 0 saturated carbocycles. The van der Waals surface area contributed by atoms with Crippen LogP contribution in [-0.4, -0.2) is 508 Å². The highest BCUT2D eigenvalue weighted by atomic mass is 32.2. The molecule has 30 fully saturated rings. The maximum Gasteiger partial charge on any atom is 0.313 e. The van der Waals surface area contributed by atoms with Crippen molar-refractivity contribution in [3.05, 3.63) is 0 Å². The van der Waals surface area contributed by atoms with E-state index in [9.17, 15) is 161 Å². The highest BCUT2D eigenvalue weighted by Crippen LogP contribution is 2.43. The number of carbonyl (C=O) groups is 8. The Bertz CT molecular complexity index is 3300. The number of carboxylic acids is 8. The molecule has 24 N–H and O–H groups in total. The molecule has 730 valence electrons. The lowest BCUT2D eigenvalue weighted by Gasteiger charge is -2.51. The summed E-state index contributed by atoms with van der Waals surface area (Å²) >= 11 is 6.76. The van der Waals surface area contributed by atoms with Crippen molar-refractivity contribution in [1.29, 1.82) is 0 Å². The Balaban J connectivity index is 1.11. The monoisotopic (exact) mass is 1990 g/mol. The molecule has 16 bridgehead atoms. The Morgan fingerprint density at radius 1 is 0.165 bits per heavy atom. The average Bonchev–Trinajstić information content (AvgIpc) is 0.770. The van der Waals surface area contributed by atoms with E-state index in [4.69, 9.17) is 75.8 Å². The van der Waals surface area contributed by atoms with Gasteiger partial charge in [-0.05, 0) is 0 Å².